The number of rotatable bonds is 11. The monoisotopic (exact) mass is 508 g/mol. The van der Waals surface area contributed by atoms with Crippen LogP contribution in [0.15, 0.2) is 12.1 Å². The van der Waals surface area contributed by atoms with Crippen molar-refractivity contribution in [1.29, 1.82) is 0 Å². The highest BCUT2D eigenvalue weighted by Gasteiger charge is 2.35. The van der Waals surface area contributed by atoms with Crippen LogP contribution < -0.4 is 5.32 Å². The van der Waals surface area contributed by atoms with Crippen LogP contribution in [-0.4, -0.2) is 75.0 Å². The number of carbonyl (C=O) groups is 3. The molecule has 1 aromatic rings. The van der Waals surface area contributed by atoms with Crippen LogP contribution in [0.25, 0.3) is 0 Å². The van der Waals surface area contributed by atoms with Crippen molar-refractivity contribution in [2.24, 2.45) is 0 Å². The van der Waals surface area contributed by atoms with Crippen LogP contribution in [0.2, 0.25) is 0 Å². The summed E-state index contributed by atoms with van der Waals surface area (Å²) in [5.41, 5.74) is -0.363. The molecule has 0 bridgehead atoms. The number of nitrogens with one attached hydrogen (secondary N) is 1. The summed E-state index contributed by atoms with van der Waals surface area (Å²) in [6.45, 7) is 0.666. The Morgan fingerprint density at radius 1 is 1.26 bits per heavy atom. The zero-order valence-corrected chi connectivity index (χ0v) is 19.8. The predicted molar refractivity (Wildman–Crippen MR) is 114 cm³/mol. The van der Waals surface area contributed by atoms with Crippen molar-refractivity contribution >= 4 is 27.6 Å². The van der Waals surface area contributed by atoms with Gasteiger partial charge in [-0.15, -0.1) is 0 Å². The van der Waals surface area contributed by atoms with Crippen LogP contribution in [0.5, 0.6) is 0 Å². The van der Waals surface area contributed by atoms with Crippen molar-refractivity contribution in [2.45, 2.75) is 50.9 Å². The van der Waals surface area contributed by atoms with E-state index >= 15 is 0 Å². The van der Waals surface area contributed by atoms with Crippen LogP contribution in [0.4, 0.5) is 13.2 Å². The fraction of sp³-hybridized carbons (Fsp3) is 0.571. The maximum Gasteiger partial charge on any atom is 0.331 e. The predicted octanol–water partition coefficient (Wildman–Crippen LogP) is 1.09. The van der Waals surface area contributed by atoms with Gasteiger partial charge in [-0.3, -0.25) is 9.59 Å². The first-order valence-electron chi connectivity index (χ1n) is 10.4. The third-order valence-electron chi connectivity index (χ3n) is 5.39. The zero-order valence-electron chi connectivity index (χ0n) is 19.0. The largest absolute Gasteiger partial charge is 0.463 e. The molecule has 1 aliphatic rings. The van der Waals surface area contributed by atoms with Crippen molar-refractivity contribution in [3.63, 3.8) is 0 Å². The Kier molecular flexibility index (Phi) is 9.45. The molecule has 190 valence electrons. The summed E-state index contributed by atoms with van der Waals surface area (Å²) >= 11 is 0. The van der Waals surface area contributed by atoms with Gasteiger partial charge in [-0.1, -0.05) is 0 Å². The molecule has 9 nitrogen and oxygen atoms in total. The summed E-state index contributed by atoms with van der Waals surface area (Å²) in [6, 6.07) is -0.776. The second-order valence-electron chi connectivity index (χ2n) is 8.06. The van der Waals surface area contributed by atoms with Crippen molar-refractivity contribution in [3.8, 4) is 0 Å². The molecule has 1 aromatic carbocycles. The van der Waals surface area contributed by atoms with Crippen LogP contribution in [0.3, 0.4) is 0 Å². The van der Waals surface area contributed by atoms with Gasteiger partial charge in [0, 0.05) is 50.4 Å². The molecular formula is C21H27F3N2O7S. The van der Waals surface area contributed by atoms with Gasteiger partial charge in [-0.25, -0.2) is 26.4 Å². The number of benzene rings is 1. The fourth-order valence-corrected chi connectivity index (χ4v) is 3.85. The first-order valence-corrected chi connectivity index (χ1v) is 12.5. The summed E-state index contributed by atoms with van der Waals surface area (Å²) in [4.78, 5) is 38.5. The summed E-state index contributed by atoms with van der Waals surface area (Å²) < 4.78 is 73.5. The van der Waals surface area contributed by atoms with E-state index in [-0.39, 0.29) is 24.8 Å². The number of halogens is 3. The fourth-order valence-electron chi connectivity index (χ4n) is 3.46. The molecule has 0 radical (unpaired) electrons. The van der Waals surface area contributed by atoms with E-state index in [4.69, 9.17) is 9.47 Å². The van der Waals surface area contributed by atoms with E-state index in [0.29, 0.717) is 6.07 Å². The maximum absolute atomic E-state index is 14.1. The molecule has 1 aliphatic heterocycles. The molecule has 0 aromatic heterocycles. The first kappa shape index (κ1) is 27.6. The number of amides is 2. The van der Waals surface area contributed by atoms with Crippen LogP contribution >= 0.6 is 0 Å². The quantitative estimate of drug-likeness (QED) is 0.351. The number of ether oxygens (including phenoxy) is 2. The number of hydrogen-bond donors (Lipinski definition) is 1. The molecule has 13 heteroatoms. The van der Waals surface area contributed by atoms with Gasteiger partial charge in [0.1, 0.15) is 12.4 Å². The van der Waals surface area contributed by atoms with Crippen molar-refractivity contribution in [1.82, 2.24) is 10.2 Å². The Balaban J connectivity index is 2.06. The number of esters is 1. The van der Waals surface area contributed by atoms with E-state index < -0.39 is 82.2 Å². The van der Waals surface area contributed by atoms with Gasteiger partial charge in [-0.05, 0) is 19.4 Å². The Labute approximate surface area is 195 Å². The van der Waals surface area contributed by atoms with E-state index in [9.17, 15) is 36.0 Å². The smallest absolute Gasteiger partial charge is 0.331 e. The second kappa shape index (κ2) is 11.6. The number of methoxy groups -OCH3 is 1. The average Bonchev–Trinajstić information content (AvgIpc) is 3.07. The molecule has 0 saturated carbocycles. The summed E-state index contributed by atoms with van der Waals surface area (Å²) in [5.74, 6) is -6.02. The molecule has 1 heterocycles. The Morgan fingerprint density at radius 3 is 2.56 bits per heavy atom. The van der Waals surface area contributed by atoms with E-state index in [1.807, 2.05) is 0 Å². The van der Waals surface area contributed by atoms with Gasteiger partial charge in [0.05, 0.1) is 11.9 Å². The lowest BCUT2D eigenvalue weighted by Crippen LogP contribution is -2.50. The lowest BCUT2D eigenvalue weighted by atomic mass is 10.1. The minimum atomic E-state index is -3.36. The normalized spacial score (nSPS) is 18.0. The molecular weight excluding hydrogens is 481 g/mol. The maximum atomic E-state index is 14.1. The minimum Gasteiger partial charge on any atom is -0.463 e. The molecule has 1 saturated heterocycles. The molecule has 2 rings (SSSR count). The van der Waals surface area contributed by atoms with Gasteiger partial charge < -0.3 is 19.7 Å². The molecule has 1 N–H and O–H groups in total. The van der Waals surface area contributed by atoms with Gasteiger partial charge in [0.15, 0.2) is 27.5 Å². The van der Waals surface area contributed by atoms with E-state index in [0.717, 1.165) is 17.2 Å². The summed E-state index contributed by atoms with van der Waals surface area (Å²) in [7, 11) is -2.06. The first-order chi connectivity index (χ1) is 15.8. The highest BCUT2D eigenvalue weighted by molar-refractivity contribution is 7.90. The van der Waals surface area contributed by atoms with E-state index in [1.165, 1.54) is 14.0 Å². The number of nitrogens with zero attached hydrogens (tertiary/aromatic N) is 1. The number of likely N-dealkylation sites (tertiary alicyclic amines) is 1. The van der Waals surface area contributed by atoms with Crippen LogP contribution in [-0.2, 0) is 40.2 Å². The average molecular weight is 509 g/mol. The zero-order chi connectivity index (χ0) is 25.6. The van der Waals surface area contributed by atoms with Crippen LogP contribution in [0, 0.1) is 17.5 Å². The third-order valence-corrected chi connectivity index (χ3v) is 6.30. The molecule has 2 amide bonds. The minimum absolute atomic E-state index is 0.0583. The molecule has 0 spiro atoms. The molecule has 1 unspecified atom stereocenters. The van der Waals surface area contributed by atoms with Gasteiger partial charge in [0.25, 0.3) is 0 Å². The van der Waals surface area contributed by atoms with E-state index in [2.05, 4.69) is 5.32 Å². The molecule has 3 atom stereocenters. The van der Waals surface area contributed by atoms with Crippen molar-refractivity contribution in [2.75, 3.05) is 25.7 Å². The number of sulfone groups is 1. The summed E-state index contributed by atoms with van der Waals surface area (Å²) in [6.07, 6.45) is 0.198. The van der Waals surface area contributed by atoms with Gasteiger partial charge in [0.2, 0.25) is 11.8 Å². The highest BCUT2D eigenvalue weighted by Crippen LogP contribution is 2.26. The van der Waals surface area contributed by atoms with Crippen LogP contribution in [0.1, 0.15) is 31.7 Å². The topological polar surface area (TPSA) is 119 Å². The third kappa shape index (κ3) is 7.69. The molecule has 34 heavy (non-hydrogen) atoms. The Morgan fingerprint density at radius 2 is 1.94 bits per heavy atom. The van der Waals surface area contributed by atoms with Gasteiger partial charge >= 0.3 is 5.97 Å². The van der Waals surface area contributed by atoms with Crippen molar-refractivity contribution in [3.05, 3.63) is 35.1 Å². The Hall–Kier alpha value is -2.67. The highest BCUT2D eigenvalue weighted by atomic mass is 32.2. The molecule has 1 fully saturated rings. The number of carbonyl (C=O) groups excluding carboxylic acids is 3. The Bertz CT molecular complexity index is 1040. The molecule has 0 aliphatic carbocycles. The lowest BCUT2D eigenvalue weighted by molar-refractivity contribution is -0.151. The summed E-state index contributed by atoms with van der Waals surface area (Å²) in [5, 5.41) is 2.45. The SMILES string of the molecule is CO[C@H](C)C(NC(=O)C[C@@H]1CCC(=O)N1Cc1cc(F)cc(F)c1F)C(=O)OCCS(C)(=O)=O. The number of hydrogen-bond acceptors (Lipinski definition) is 7. The second-order valence-corrected chi connectivity index (χ2v) is 10.3. The van der Waals surface area contributed by atoms with Crippen molar-refractivity contribution < 1.29 is 45.4 Å². The van der Waals surface area contributed by atoms with Gasteiger partial charge in [-0.2, -0.15) is 0 Å². The lowest BCUT2D eigenvalue weighted by Gasteiger charge is -2.27. The standard InChI is InChI=1S/C21H27F3N2O7S/c1-12(32-2)20(21(29)33-6-7-34(3,30)31)25-17(27)10-15-4-5-18(28)26(15)11-13-8-14(22)9-16(23)19(13)24/h8-9,12,15,20H,4-7,10-11H2,1-3H3,(H,25,27)/t12-,15+,20?/m1/s1. The van der Waals surface area contributed by atoms with E-state index in [1.54, 1.807) is 0 Å².